The van der Waals surface area contributed by atoms with Gasteiger partial charge in [0, 0.05) is 18.8 Å². The normalized spacial score (nSPS) is 15.2. The van der Waals surface area contributed by atoms with Gasteiger partial charge in [0.15, 0.2) is 4.34 Å². The molecule has 0 spiro atoms. The lowest BCUT2D eigenvalue weighted by atomic mass is 9.93. The van der Waals surface area contributed by atoms with Gasteiger partial charge in [-0.05, 0) is 25.0 Å². The fraction of sp³-hybridized carbons (Fsp3) is 0.471. The SMILES string of the molecule is CNc1nnc(SCC(=O)N(c2ccccc2)C2CCCCC2)s1. The second-order valence-corrected chi connectivity index (χ2v) is 8.00. The molecule has 2 aromatic rings. The van der Waals surface area contributed by atoms with Crippen LogP contribution in [0.25, 0.3) is 0 Å². The molecule has 0 radical (unpaired) electrons. The standard InChI is InChI=1S/C17H22N4OS2/c1-18-16-19-20-17(24-16)23-12-15(22)21(13-8-4-2-5-9-13)14-10-6-3-7-11-14/h2,4-5,8-9,14H,3,6-7,10-12H2,1H3,(H,18,19). The summed E-state index contributed by atoms with van der Waals surface area (Å²) in [6, 6.07) is 10.4. The molecular weight excluding hydrogens is 340 g/mol. The summed E-state index contributed by atoms with van der Waals surface area (Å²) in [5, 5.41) is 11.9. The maximum atomic E-state index is 12.9. The third kappa shape index (κ3) is 4.27. The lowest BCUT2D eigenvalue weighted by Gasteiger charge is -2.34. The van der Waals surface area contributed by atoms with Crippen LogP contribution in [0.2, 0.25) is 0 Å². The van der Waals surface area contributed by atoms with Crippen LogP contribution in [0.5, 0.6) is 0 Å². The summed E-state index contributed by atoms with van der Waals surface area (Å²) < 4.78 is 0.823. The number of aromatic nitrogens is 2. The number of carbonyl (C=O) groups is 1. The van der Waals surface area contributed by atoms with Crippen LogP contribution in [0.1, 0.15) is 32.1 Å². The van der Waals surface area contributed by atoms with Crippen molar-refractivity contribution in [3.05, 3.63) is 30.3 Å². The summed E-state index contributed by atoms with van der Waals surface area (Å²) in [4.78, 5) is 14.9. The number of nitrogens with zero attached hydrogens (tertiary/aromatic N) is 3. The molecule has 1 saturated carbocycles. The Balaban J connectivity index is 1.70. The molecule has 7 heteroatoms. The second kappa shape index (κ2) is 8.48. The molecule has 3 rings (SSSR count). The minimum atomic E-state index is 0.152. The number of thioether (sulfide) groups is 1. The van der Waals surface area contributed by atoms with E-state index in [1.165, 1.54) is 42.4 Å². The topological polar surface area (TPSA) is 58.1 Å². The molecule has 5 nitrogen and oxygen atoms in total. The van der Waals surface area contributed by atoms with Crippen LogP contribution < -0.4 is 10.2 Å². The maximum absolute atomic E-state index is 12.9. The van der Waals surface area contributed by atoms with E-state index in [1.54, 1.807) is 0 Å². The molecule has 0 atom stereocenters. The molecule has 1 aromatic heterocycles. The number of para-hydroxylation sites is 1. The quantitative estimate of drug-likeness (QED) is 0.786. The predicted octanol–water partition coefficient (Wildman–Crippen LogP) is 4.04. The first-order valence-corrected chi connectivity index (χ1v) is 10.1. The van der Waals surface area contributed by atoms with E-state index < -0.39 is 0 Å². The summed E-state index contributed by atoms with van der Waals surface area (Å²) in [6.07, 6.45) is 5.87. The third-order valence-corrected chi connectivity index (χ3v) is 6.24. The molecule has 0 aliphatic heterocycles. The maximum Gasteiger partial charge on any atom is 0.237 e. The van der Waals surface area contributed by atoms with Gasteiger partial charge >= 0.3 is 0 Å². The first kappa shape index (κ1) is 17.2. The fourth-order valence-electron chi connectivity index (χ4n) is 3.05. The number of carbonyl (C=O) groups excluding carboxylic acids is 1. The minimum absolute atomic E-state index is 0.152. The highest BCUT2D eigenvalue weighted by Gasteiger charge is 2.26. The van der Waals surface area contributed by atoms with Crippen LogP contribution in [0.3, 0.4) is 0 Å². The Hall–Kier alpha value is -1.60. The molecule has 128 valence electrons. The summed E-state index contributed by atoms with van der Waals surface area (Å²) in [5.74, 6) is 0.545. The summed E-state index contributed by atoms with van der Waals surface area (Å²) in [6.45, 7) is 0. The van der Waals surface area contributed by atoms with Gasteiger partial charge in [0.2, 0.25) is 11.0 Å². The molecule has 1 N–H and O–H groups in total. The van der Waals surface area contributed by atoms with Crippen molar-refractivity contribution in [2.45, 2.75) is 42.5 Å². The Morgan fingerprint density at radius 3 is 2.67 bits per heavy atom. The Morgan fingerprint density at radius 2 is 2.00 bits per heavy atom. The van der Waals surface area contributed by atoms with Gasteiger partial charge in [-0.3, -0.25) is 4.79 Å². The van der Waals surface area contributed by atoms with Gasteiger partial charge in [-0.15, -0.1) is 10.2 Å². The summed E-state index contributed by atoms with van der Waals surface area (Å²) in [5.41, 5.74) is 1.00. The van der Waals surface area contributed by atoms with E-state index in [0.717, 1.165) is 28.0 Å². The van der Waals surface area contributed by atoms with Crippen LogP contribution in [0.4, 0.5) is 10.8 Å². The van der Waals surface area contributed by atoms with E-state index in [4.69, 9.17) is 0 Å². The van der Waals surface area contributed by atoms with Gasteiger partial charge < -0.3 is 10.2 Å². The van der Waals surface area contributed by atoms with Gasteiger partial charge in [0.05, 0.1) is 5.75 Å². The van der Waals surface area contributed by atoms with Crippen molar-refractivity contribution in [1.82, 2.24) is 10.2 Å². The zero-order valence-corrected chi connectivity index (χ0v) is 15.4. The highest BCUT2D eigenvalue weighted by Crippen LogP contribution is 2.30. The number of nitrogens with one attached hydrogen (secondary N) is 1. The second-order valence-electron chi connectivity index (χ2n) is 5.80. The lowest BCUT2D eigenvalue weighted by molar-refractivity contribution is -0.116. The molecular formula is C17H22N4OS2. The van der Waals surface area contributed by atoms with Crippen molar-refractivity contribution in [3.8, 4) is 0 Å². The Morgan fingerprint density at radius 1 is 1.25 bits per heavy atom. The minimum Gasteiger partial charge on any atom is -0.363 e. The molecule has 1 aromatic carbocycles. The largest absolute Gasteiger partial charge is 0.363 e. The van der Waals surface area contributed by atoms with E-state index in [9.17, 15) is 4.79 Å². The molecule has 0 saturated heterocycles. The van der Waals surface area contributed by atoms with Crippen molar-refractivity contribution in [3.63, 3.8) is 0 Å². The van der Waals surface area contributed by atoms with Crippen LogP contribution in [-0.2, 0) is 4.79 Å². The molecule has 1 heterocycles. The Kier molecular flexibility index (Phi) is 6.09. The van der Waals surface area contributed by atoms with Gasteiger partial charge in [-0.25, -0.2) is 0 Å². The van der Waals surface area contributed by atoms with Crippen molar-refractivity contribution in [1.29, 1.82) is 0 Å². The Bertz CT molecular complexity index is 656. The highest BCUT2D eigenvalue weighted by molar-refractivity contribution is 8.01. The van der Waals surface area contributed by atoms with Crippen LogP contribution >= 0.6 is 23.1 Å². The van der Waals surface area contributed by atoms with Crippen LogP contribution in [0, 0.1) is 0 Å². The van der Waals surface area contributed by atoms with Gasteiger partial charge in [0.25, 0.3) is 0 Å². The average molecular weight is 363 g/mol. The summed E-state index contributed by atoms with van der Waals surface area (Å²) in [7, 11) is 1.82. The highest BCUT2D eigenvalue weighted by atomic mass is 32.2. The van der Waals surface area contributed by atoms with Crippen molar-refractivity contribution in [2.75, 3.05) is 23.0 Å². The van der Waals surface area contributed by atoms with Crippen molar-refractivity contribution < 1.29 is 4.79 Å². The van der Waals surface area contributed by atoms with E-state index >= 15 is 0 Å². The molecule has 0 bridgehead atoms. The van der Waals surface area contributed by atoms with E-state index in [2.05, 4.69) is 15.5 Å². The van der Waals surface area contributed by atoms with Crippen LogP contribution in [-0.4, -0.2) is 34.9 Å². The van der Waals surface area contributed by atoms with Crippen molar-refractivity contribution >= 4 is 39.8 Å². The average Bonchev–Trinajstić information content (AvgIpc) is 3.10. The lowest BCUT2D eigenvalue weighted by Crippen LogP contribution is -2.42. The zero-order chi connectivity index (χ0) is 16.8. The number of hydrogen-bond donors (Lipinski definition) is 1. The molecule has 24 heavy (non-hydrogen) atoms. The molecule has 1 aliphatic carbocycles. The molecule has 0 unspecified atom stereocenters. The number of anilines is 2. The third-order valence-electron chi connectivity index (χ3n) is 4.18. The van der Waals surface area contributed by atoms with E-state index in [-0.39, 0.29) is 5.91 Å². The first-order valence-electron chi connectivity index (χ1n) is 8.29. The number of hydrogen-bond acceptors (Lipinski definition) is 6. The van der Waals surface area contributed by atoms with Gasteiger partial charge in [0.1, 0.15) is 0 Å². The van der Waals surface area contributed by atoms with E-state index in [1.807, 2.05) is 42.3 Å². The molecule has 1 amide bonds. The molecule has 1 aliphatic rings. The number of amides is 1. The van der Waals surface area contributed by atoms with Crippen molar-refractivity contribution in [2.24, 2.45) is 0 Å². The van der Waals surface area contributed by atoms with Crippen LogP contribution in [0.15, 0.2) is 34.7 Å². The molecule has 1 fully saturated rings. The number of benzene rings is 1. The van der Waals surface area contributed by atoms with Gasteiger partial charge in [-0.1, -0.05) is 60.6 Å². The van der Waals surface area contributed by atoms with Gasteiger partial charge in [-0.2, -0.15) is 0 Å². The fourth-order valence-corrected chi connectivity index (χ4v) is 4.61. The first-order chi connectivity index (χ1) is 11.8. The smallest absolute Gasteiger partial charge is 0.237 e. The summed E-state index contributed by atoms with van der Waals surface area (Å²) >= 11 is 2.94. The number of rotatable bonds is 6. The van der Waals surface area contributed by atoms with E-state index in [0.29, 0.717) is 11.8 Å². The monoisotopic (exact) mass is 362 g/mol. The predicted molar refractivity (Wildman–Crippen MR) is 101 cm³/mol. The Labute approximate surface area is 150 Å². The zero-order valence-electron chi connectivity index (χ0n) is 13.8.